The second-order valence-corrected chi connectivity index (χ2v) is 21.4. The Bertz CT molecular complexity index is 1650. The highest BCUT2D eigenvalue weighted by molar-refractivity contribution is 7.94. The smallest absolute Gasteiger partial charge is 0.307 e. The van der Waals surface area contributed by atoms with E-state index >= 15 is 13.2 Å². The van der Waals surface area contributed by atoms with Crippen molar-refractivity contribution in [3.63, 3.8) is 0 Å². The third-order valence-electron chi connectivity index (χ3n) is 10.8. The summed E-state index contributed by atoms with van der Waals surface area (Å²) < 4.78 is 41.8. The fourth-order valence-electron chi connectivity index (χ4n) is 7.64. The summed E-state index contributed by atoms with van der Waals surface area (Å²) in [4.78, 5) is 43.8. The molecular formula is C35H45NO7SSi. The molecule has 2 aromatic rings. The van der Waals surface area contributed by atoms with Crippen LogP contribution in [0, 0.1) is 16.7 Å². The largest absolute Gasteiger partial charge is 0.431 e. The van der Waals surface area contributed by atoms with Crippen LogP contribution in [0.25, 0.3) is 0 Å². The van der Waals surface area contributed by atoms with Crippen LogP contribution in [-0.2, 0) is 33.4 Å². The number of benzene rings is 2. The number of amides is 2. The minimum atomic E-state index is -4.58. The summed E-state index contributed by atoms with van der Waals surface area (Å²) in [5.74, 6) is -3.09. The van der Waals surface area contributed by atoms with Crippen molar-refractivity contribution < 1.29 is 32.0 Å². The van der Waals surface area contributed by atoms with Gasteiger partial charge in [0, 0.05) is 17.8 Å². The highest BCUT2D eigenvalue weighted by Crippen LogP contribution is 2.72. The van der Waals surface area contributed by atoms with E-state index in [1.54, 1.807) is 61.5 Å². The van der Waals surface area contributed by atoms with Crippen LogP contribution in [0.4, 0.5) is 5.69 Å². The minimum Gasteiger partial charge on any atom is -0.431 e. The standard InChI is InChI=1S/C35H45NO7SSi/c1-9-10-21-34-23-27(42-24(2)37)33(6,22-28(34)43-45(7,8)32(3,4)5)29-30(38)36(25-17-13-11-14-18-25)31(39)35(29,34)44(40,41)26-19-15-12-16-20-26/h11-20,23,28-29H,9-10,21-22H2,1-8H3/t28-,29+,33-,34-,35+/m1/s1. The molecule has 3 aliphatic carbocycles. The first-order chi connectivity index (χ1) is 20.9. The molecule has 0 spiro atoms. The molecule has 1 heterocycles. The summed E-state index contributed by atoms with van der Waals surface area (Å²) in [6.07, 6.45) is 2.70. The monoisotopic (exact) mass is 651 g/mol. The van der Waals surface area contributed by atoms with Gasteiger partial charge in [0.05, 0.1) is 22.6 Å². The molecule has 2 fully saturated rings. The van der Waals surface area contributed by atoms with Gasteiger partial charge in [-0.05, 0) is 61.3 Å². The molecule has 8 nitrogen and oxygen atoms in total. The van der Waals surface area contributed by atoms with Gasteiger partial charge in [0.2, 0.25) is 5.91 Å². The van der Waals surface area contributed by atoms with E-state index in [0.29, 0.717) is 18.5 Å². The lowest BCUT2D eigenvalue weighted by Crippen LogP contribution is -2.75. The number of ether oxygens (including phenoxy) is 1. The fourth-order valence-corrected chi connectivity index (χ4v) is 11.7. The van der Waals surface area contributed by atoms with E-state index in [1.807, 2.05) is 6.92 Å². The Morgan fingerprint density at radius 3 is 2.13 bits per heavy atom. The average Bonchev–Trinajstić information content (AvgIpc) is 3.22. The van der Waals surface area contributed by atoms with Gasteiger partial charge in [-0.25, -0.2) is 13.3 Å². The number of carbonyl (C=O) groups is 3. The van der Waals surface area contributed by atoms with E-state index in [0.717, 1.165) is 4.90 Å². The van der Waals surface area contributed by atoms with Gasteiger partial charge in [0.15, 0.2) is 22.9 Å². The van der Waals surface area contributed by atoms with E-state index < -0.39 is 63.5 Å². The number of fused-ring (bicyclic) bond motifs is 1. The lowest BCUT2D eigenvalue weighted by Gasteiger charge is -2.64. The molecule has 45 heavy (non-hydrogen) atoms. The second kappa shape index (κ2) is 11.0. The van der Waals surface area contributed by atoms with Gasteiger partial charge >= 0.3 is 5.97 Å². The highest BCUT2D eigenvalue weighted by atomic mass is 32.2. The van der Waals surface area contributed by atoms with Crippen molar-refractivity contribution >= 4 is 41.6 Å². The Balaban J connectivity index is 1.94. The van der Waals surface area contributed by atoms with Crippen molar-refractivity contribution in [3.8, 4) is 0 Å². The Labute approximate surface area is 268 Å². The molecule has 1 saturated heterocycles. The third-order valence-corrected chi connectivity index (χ3v) is 17.8. The third kappa shape index (κ3) is 4.61. The molecular weight excluding hydrogens is 607 g/mol. The zero-order valence-electron chi connectivity index (χ0n) is 27.5. The van der Waals surface area contributed by atoms with E-state index in [-0.39, 0.29) is 28.5 Å². The molecule has 0 N–H and O–H groups in total. The van der Waals surface area contributed by atoms with Crippen molar-refractivity contribution in [1.29, 1.82) is 0 Å². The van der Waals surface area contributed by atoms with Crippen LogP contribution in [0.15, 0.2) is 77.4 Å². The summed E-state index contributed by atoms with van der Waals surface area (Å²) in [7, 11) is -7.16. The normalized spacial score (nSPS) is 29.9. The topological polar surface area (TPSA) is 107 Å². The summed E-state index contributed by atoms with van der Waals surface area (Å²) in [5.41, 5.74) is -2.56. The fraction of sp³-hybridized carbons (Fsp3) is 0.514. The number of esters is 1. The lowest BCUT2D eigenvalue weighted by molar-refractivity contribution is -0.157. The summed E-state index contributed by atoms with van der Waals surface area (Å²) in [5, 5.41) is -0.227. The Morgan fingerprint density at radius 1 is 1.02 bits per heavy atom. The predicted octanol–water partition coefficient (Wildman–Crippen LogP) is 6.83. The molecule has 1 saturated carbocycles. The molecule has 0 radical (unpaired) electrons. The molecule has 1 aliphatic heterocycles. The lowest BCUT2D eigenvalue weighted by atomic mass is 9.45. The van der Waals surface area contributed by atoms with E-state index in [4.69, 9.17) is 9.16 Å². The van der Waals surface area contributed by atoms with Gasteiger partial charge in [-0.15, -0.1) is 0 Å². The first-order valence-corrected chi connectivity index (χ1v) is 20.1. The van der Waals surface area contributed by atoms with Gasteiger partial charge in [0.25, 0.3) is 5.91 Å². The maximum atomic E-state index is 15.5. The molecule has 5 atom stereocenters. The van der Waals surface area contributed by atoms with Crippen LogP contribution in [0.1, 0.15) is 67.2 Å². The number of imide groups is 1. The van der Waals surface area contributed by atoms with E-state index in [9.17, 15) is 9.59 Å². The molecule has 6 rings (SSSR count). The number of para-hydroxylation sites is 1. The van der Waals surface area contributed by atoms with Gasteiger partial charge in [-0.3, -0.25) is 14.4 Å². The van der Waals surface area contributed by atoms with Gasteiger partial charge in [0.1, 0.15) is 5.76 Å². The van der Waals surface area contributed by atoms with Crippen LogP contribution in [0.5, 0.6) is 0 Å². The average molecular weight is 652 g/mol. The number of unbranched alkanes of at least 4 members (excludes halogenated alkanes) is 1. The number of anilines is 1. The Kier molecular flexibility index (Phi) is 8.15. The Hall–Kier alpha value is -3.08. The molecule has 0 unspecified atom stereocenters. The molecule has 10 heteroatoms. The molecule has 4 aliphatic rings. The van der Waals surface area contributed by atoms with Gasteiger partial charge in [-0.1, -0.05) is 83.9 Å². The Morgan fingerprint density at radius 2 is 1.60 bits per heavy atom. The number of nitrogens with zero attached hydrogens (tertiary/aromatic N) is 1. The van der Waals surface area contributed by atoms with Crippen LogP contribution in [0.2, 0.25) is 18.1 Å². The van der Waals surface area contributed by atoms with Crippen molar-refractivity contribution in [2.24, 2.45) is 16.7 Å². The summed E-state index contributed by atoms with van der Waals surface area (Å²) >= 11 is 0. The van der Waals surface area contributed by atoms with Crippen molar-refractivity contribution in [3.05, 3.63) is 72.5 Å². The van der Waals surface area contributed by atoms with Crippen LogP contribution < -0.4 is 4.90 Å². The number of allylic oxidation sites excluding steroid dienone is 1. The van der Waals surface area contributed by atoms with Crippen molar-refractivity contribution in [2.75, 3.05) is 4.90 Å². The van der Waals surface area contributed by atoms with Crippen LogP contribution in [-0.4, -0.2) is 45.4 Å². The first kappa shape index (κ1) is 33.3. The zero-order valence-corrected chi connectivity index (χ0v) is 29.4. The number of sulfone groups is 1. The quantitative estimate of drug-likeness (QED) is 0.166. The molecule has 2 bridgehead atoms. The van der Waals surface area contributed by atoms with Crippen molar-refractivity contribution in [1.82, 2.24) is 0 Å². The molecule has 2 amide bonds. The zero-order chi connectivity index (χ0) is 33.2. The molecule has 242 valence electrons. The van der Waals surface area contributed by atoms with Gasteiger partial charge < -0.3 is 9.16 Å². The van der Waals surface area contributed by atoms with Crippen LogP contribution >= 0.6 is 0 Å². The first-order valence-electron chi connectivity index (χ1n) is 15.7. The number of rotatable bonds is 9. The van der Waals surface area contributed by atoms with Gasteiger partial charge in [-0.2, -0.15) is 0 Å². The maximum absolute atomic E-state index is 15.5. The van der Waals surface area contributed by atoms with Crippen LogP contribution in [0.3, 0.4) is 0 Å². The number of hydrogen-bond acceptors (Lipinski definition) is 7. The number of hydrogen-bond donors (Lipinski definition) is 0. The highest BCUT2D eigenvalue weighted by Gasteiger charge is 2.85. The second-order valence-electron chi connectivity index (χ2n) is 14.5. The predicted molar refractivity (Wildman–Crippen MR) is 175 cm³/mol. The summed E-state index contributed by atoms with van der Waals surface area (Å²) in [6.45, 7) is 15.6. The van der Waals surface area contributed by atoms with Crippen molar-refractivity contribution in [2.45, 2.75) is 101 Å². The minimum absolute atomic E-state index is 0.0356. The summed E-state index contributed by atoms with van der Waals surface area (Å²) in [6, 6.07) is 16.4. The molecule has 2 aromatic carbocycles. The maximum Gasteiger partial charge on any atom is 0.307 e. The van der Waals surface area contributed by atoms with E-state index in [2.05, 4.69) is 33.9 Å². The number of carbonyl (C=O) groups excluding carboxylic acids is 3. The SMILES string of the molecule is CCCC[C@@]12C=C(OC(C)=O)[C@@](C)(C[C@H]1O[Si](C)(C)C(C)(C)C)[C@@H]1C(=O)N(c3ccccc3)C(=O)[C@@]12S(=O)(=O)c1ccccc1. The molecule has 0 aromatic heterocycles. The van der Waals surface area contributed by atoms with E-state index in [1.165, 1.54) is 19.1 Å².